The zero-order valence-electron chi connectivity index (χ0n) is 10.4. The molecule has 1 fully saturated rings. The van der Waals surface area contributed by atoms with Crippen molar-refractivity contribution in [2.75, 3.05) is 0 Å². The number of hydrogen-bond donors (Lipinski definition) is 2. The van der Waals surface area contributed by atoms with Crippen LogP contribution in [0.2, 0.25) is 0 Å². The van der Waals surface area contributed by atoms with E-state index in [2.05, 4.69) is 0 Å². The van der Waals surface area contributed by atoms with Gasteiger partial charge in [0.05, 0.1) is 12.7 Å². The predicted octanol–water partition coefficient (Wildman–Crippen LogP) is 1.31. The first-order chi connectivity index (χ1) is 8.93. The van der Waals surface area contributed by atoms with Gasteiger partial charge in [0.2, 0.25) is 6.29 Å². The number of halogens is 2. The second-order valence-corrected chi connectivity index (χ2v) is 4.58. The van der Waals surface area contributed by atoms with Crippen molar-refractivity contribution in [3.05, 3.63) is 35.9 Å². The SMILES string of the molecule is C[C@@H]1O[C@@H](OCc2ccccc2)C(F)(F)[C@H](O)[C@H]1O. The van der Waals surface area contributed by atoms with Crippen LogP contribution in [0.25, 0.3) is 0 Å². The average molecular weight is 274 g/mol. The number of alkyl halides is 2. The first-order valence-electron chi connectivity index (χ1n) is 5.98. The molecule has 1 saturated heterocycles. The van der Waals surface area contributed by atoms with E-state index in [9.17, 15) is 19.0 Å². The molecule has 2 N–H and O–H groups in total. The minimum atomic E-state index is -3.65. The van der Waals surface area contributed by atoms with Crippen molar-refractivity contribution in [3.63, 3.8) is 0 Å². The number of benzene rings is 1. The van der Waals surface area contributed by atoms with Crippen molar-refractivity contribution in [2.24, 2.45) is 0 Å². The van der Waals surface area contributed by atoms with Crippen LogP contribution in [-0.4, -0.2) is 40.7 Å². The Bertz CT molecular complexity index is 412. The lowest BCUT2D eigenvalue weighted by atomic mass is 9.99. The van der Waals surface area contributed by atoms with Crippen LogP contribution in [0.1, 0.15) is 12.5 Å². The molecule has 0 spiro atoms. The predicted molar refractivity (Wildman–Crippen MR) is 62.5 cm³/mol. The summed E-state index contributed by atoms with van der Waals surface area (Å²) in [6, 6.07) is 8.79. The second kappa shape index (κ2) is 5.50. The minimum absolute atomic E-state index is 0.0589. The van der Waals surface area contributed by atoms with Crippen LogP contribution in [-0.2, 0) is 16.1 Å². The van der Waals surface area contributed by atoms with Gasteiger partial charge in [0.15, 0.2) is 6.10 Å². The Morgan fingerprint density at radius 1 is 1.26 bits per heavy atom. The van der Waals surface area contributed by atoms with Crippen molar-refractivity contribution in [3.8, 4) is 0 Å². The topological polar surface area (TPSA) is 58.9 Å². The van der Waals surface area contributed by atoms with Gasteiger partial charge in [-0.1, -0.05) is 30.3 Å². The van der Waals surface area contributed by atoms with Gasteiger partial charge in [-0.15, -0.1) is 0 Å². The Hall–Kier alpha value is -1.08. The highest BCUT2D eigenvalue weighted by Gasteiger charge is 2.57. The quantitative estimate of drug-likeness (QED) is 0.872. The summed E-state index contributed by atoms with van der Waals surface area (Å²) in [6.45, 7) is 1.35. The maximum absolute atomic E-state index is 13.7. The molecule has 1 aromatic rings. The van der Waals surface area contributed by atoms with E-state index in [1.807, 2.05) is 0 Å². The van der Waals surface area contributed by atoms with E-state index in [0.717, 1.165) is 5.56 Å². The van der Waals surface area contributed by atoms with Gasteiger partial charge in [-0.2, -0.15) is 8.78 Å². The smallest absolute Gasteiger partial charge is 0.325 e. The monoisotopic (exact) mass is 274 g/mol. The standard InChI is InChI=1S/C13H16F2O4/c1-8-10(16)11(17)13(14,15)12(19-8)18-7-9-5-3-2-4-6-9/h2-6,8,10-12,16-17H,7H2,1H3/t8-,10-,11+,12+/m0/s1. The molecule has 0 aromatic heterocycles. The molecule has 1 aliphatic rings. The van der Waals surface area contributed by atoms with Gasteiger partial charge in [0.25, 0.3) is 0 Å². The van der Waals surface area contributed by atoms with Gasteiger partial charge >= 0.3 is 5.92 Å². The number of hydrogen-bond acceptors (Lipinski definition) is 4. The maximum atomic E-state index is 13.7. The first kappa shape index (κ1) is 14.3. The molecule has 0 amide bonds. The third-order valence-corrected chi connectivity index (χ3v) is 3.10. The molecule has 4 nitrogen and oxygen atoms in total. The lowest BCUT2D eigenvalue weighted by Crippen LogP contribution is -2.61. The highest BCUT2D eigenvalue weighted by Crippen LogP contribution is 2.35. The fraction of sp³-hybridized carbons (Fsp3) is 0.538. The van der Waals surface area contributed by atoms with Gasteiger partial charge in [-0.05, 0) is 12.5 Å². The fourth-order valence-corrected chi connectivity index (χ4v) is 1.89. The van der Waals surface area contributed by atoms with E-state index >= 15 is 0 Å². The summed E-state index contributed by atoms with van der Waals surface area (Å²) < 4.78 is 37.4. The molecule has 1 aliphatic heterocycles. The number of aliphatic hydroxyl groups is 2. The van der Waals surface area contributed by atoms with Crippen LogP contribution in [0, 0.1) is 0 Å². The Labute approximate surface area is 109 Å². The van der Waals surface area contributed by atoms with E-state index in [4.69, 9.17) is 9.47 Å². The van der Waals surface area contributed by atoms with E-state index < -0.39 is 30.5 Å². The van der Waals surface area contributed by atoms with Crippen LogP contribution in [0.3, 0.4) is 0 Å². The van der Waals surface area contributed by atoms with Gasteiger partial charge < -0.3 is 19.7 Å². The third-order valence-electron chi connectivity index (χ3n) is 3.10. The molecule has 0 saturated carbocycles. The molecule has 19 heavy (non-hydrogen) atoms. The molecule has 1 aromatic carbocycles. The highest BCUT2D eigenvalue weighted by atomic mass is 19.3. The molecular formula is C13H16F2O4. The third kappa shape index (κ3) is 2.92. The molecule has 0 aliphatic carbocycles. The number of aliphatic hydroxyl groups excluding tert-OH is 2. The molecule has 0 unspecified atom stereocenters. The molecule has 4 atom stereocenters. The van der Waals surface area contributed by atoms with Crippen molar-refractivity contribution in [2.45, 2.75) is 44.1 Å². The summed E-state index contributed by atoms with van der Waals surface area (Å²) in [7, 11) is 0. The van der Waals surface area contributed by atoms with Gasteiger partial charge in [0.1, 0.15) is 6.10 Å². The summed E-state index contributed by atoms with van der Waals surface area (Å²) in [5.41, 5.74) is 0.718. The van der Waals surface area contributed by atoms with Crippen LogP contribution in [0.5, 0.6) is 0 Å². The highest BCUT2D eigenvalue weighted by molar-refractivity contribution is 5.13. The van der Waals surface area contributed by atoms with Crippen molar-refractivity contribution in [1.82, 2.24) is 0 Å². The zero-order chi connectivity index (χ0) is 14.0. The molecule has 2 rings (SSSR count). The Morgan fingerprint density at radius 3 is 2.53 bits per heavy atom. The summed E-state index contributed by atoms with van der Waals surface area (Å²) in [5.74, 6) is -3.65. The number of ether oxygens (including phenoxy) is 2. The number of rotatable bonds is 3. The van der Waals surface area contributed by atoms with Crippen molar-refractivity contribution in [1.29, 1.82) is 0 Å². The van der Waals surface area contributed by atoms with Crippen LogP contribution < -0.4 is 0 Å². The fourth-order valence-electron chi connectivity index (χ4n) is 1.89. The van der Waals surface area contributed by atoms with Crippen LogP contribution >= 0.6 is 0 Å². The Balaban J connectivity index is 2.03. The van der Waals surface area contributed by atoms with Gasteiger partial charge in [-0.3, -0.25) is 0 Å². The zero-order valence-corrected chi connectivity index (χ0v) is 10.4. The van der Waals surface area contributed by atoms with Gasteiger partial charge in [-0.25, -0.2) is 0 Å². The van der Waals surface area contributed by atoms with Crippen molar-refractivity contribution < 1.29 is 28.5 Å². The normalized spacial score (nSPS) is 34.2. The van der Waals surface area contributed by atoms with E-state index in [1.165, 1.54) is 6.92 Å². The van der Waals surface area contributed by atoms with E-state index in [-0.39, 0.29) is 6.61 Å². The van der Waals surface area contributed by atoms with E-state index in [1.54, 1.807) is 30.3 Å². The molecule has 0 bridgehead atoms. The maximum Gasteiger partial charge on any atom is 0.325 e. The summed E-state index contributed by atoms with van der Waals surface area (Å²) in [5, 5.41) is 18.8. The summed E-state index contributed by atoms with van der Waals surface area (Å²) in [6.07, 6.45) is -6.62. The van der Waals surface area contributed by atoms with Crippen LogP contribution in [0.4, 0.5) is 8.78 Å². The van der Waals surface area contributed by atoms with E-state index in [0.29, 0.717) is 0 Å². The molecule has 0 radical (unpaired) electrons. The summed E-state index contributed by atoms with van der Waals surface area (Å²) in [4.78, 5) is 0. The molecular weight excluding hydrogens is 258 g/mol. The molecule has 106 valence electrons. The summed E-state index contributed by atoms with van der Waals surface area (Å²) >= 11 is 0. The second-order valence-electron chi connectivity index (χ2n) is 4.58. The lowest BCUT2D eigenvalue weighted by molar-refractivity contribution is -0.354. The Kier molecular flexibility index (Phi) is 4.15. The van der Waals surface area contributed by atoms with Gasteiger partial charge in [0, 0.05) is 0 Å². The average Bonchev–Trinajstić information content (AvgIpc) is 2.41. The Morgan fingerprint density at radius 2 is 1.89 bits per heavy atom. The van der Waals surface area contributed by atoms with Crippen LogP contribution in [0.15, 0.2) is 30.3 Å². The lowest BCUT2D eigenvalue weighted by Gasteiger charge is -2.41. The molecule has 1 heterocycles. The first-order valence-corrected chi connectivity index (χ1v) is 5.98. The molecule has 6 heteroatoms. The van der Waals surface area contributed by atoms with Crippen molar-refractivity contribution >= 4 is 0 Å². The minimum Gasteiger partial charge on any atom is -0.387 e. The largest absolute Gasteiger partial charge is 0.387 e.